The maximum atomic E-state index is 12.9. The Morgan fingerprint density at radius 1 is 1.19 bits per heavy atom. The summed E-state index contributed by atoms with van der Waals surface area (Å²) in [6, 6.07) is 3.47. The number of carbonyl (C=O) groups excluding carboxylic acids is 3. The molecule has 0 spiro atoms. The smallest absolute Gasteiger partial charge is 0.244 e. The van der Waals surface area contributed by atoms with Gasteiger partial charge in [-0.05, 0) is 70.6 Å². The molecule has 5 nitrogen and oxygen atoms in total. The lowest BCUT2D eigenvalue weighted by Crippen LogP contribution is -2.40. The lowest BCUT2D eigenvalue weighted by atomic mass is 9.63. The number of hydrogen-bond acceptors (Lipinski definition) is 3. The Kier molecular flexibility index (Phi) is 3.82. The largest absolute Gasteiger partial charge is 0.324 e. The lowest BCUT2D eigenvalue weighted by Gasteiger charge is -2.37. The molecule has 1 N–H and O–H groups in total. The summed E-state index contributed by atoms with van der Waals surface area (Å²) in [5, 5.41) is 3.26. The summed E-state index contributed by atoms with van der Waals surface area (Å²) in [7, 11) is 0. The number of nitrogens with one attached hydrogen (secondary N) is 1. The number of allylic oxidation sites excluding steroid dienone is 2. The fraction of sp³-hybridized carbons (Fsp3) is 0.450. The molecule has 0 aromatic heterocycles. The summed E-state index contributed by atoms with van der Waals surface area (Å²) in [4.78, 5) is 39.5. The van der Waals surface area contributed by atoms with Gasteiger partial charge in [0.2, 0.25) is 17.7 Å². The highest BCUT2D eigenvalue weighted by Crippen LogP contribution is 2.65. The number of benzene rings is 1. The first-order chi connectivity index (χ1) is 12.9. The van der Waals surface area contributed by atoms with Crippen LogP contribution in [-0.4, -0.2) is 29.2 Å². The van der Waals surface area contributed by atoms with Crippen LogP contribution in [0.25, 0.3) is 0 Å². The number of halogens is 2. The highest BCUT2D eigenvalue weighted by Gasteiger charge is 2.67. The van der Waals surface area contributed by atoms with Crippen LogP contribution in [0.2, 0.25) is 5.02 Å². The van der Waals surface area contributed by atoms with Crippen molar-refractivity contribution in [2.75, 3.05) is 11.9 Å². The van der Waals surface area contributed by atoms with Crippen LogP contribution in [0.3, 0.4) is 0 Å². The molecule has 2 saturated carbocycles. The predicted octanol–water partition coefficient (Wildman–Crippen LogP) is 3.40. The van der Waals surface area contributed by atoms with Gasteiger partial charge in [0.15, 0.2) is 0 Å². The first kappa shape index (κ1) is 17.4. The van der Waals surface area contributed by atoms with E-state index in [2.05, 4.69) is 33.4 Å². The molecule has 0 radical (unpaired) electrons. The number of nitrogens with zero attached hydrogens (tertiary/aromatic N) is 1. The second-order valence-corrected chi connectivity index (χ2v) is 9.31. The van der Waals surface area contributed by atoms with Crippen molar-refractivity contribution < 1.29 is 14.4 Å². The molecule has 27 heavy (non-hydrogen) atoms. The quantitative estimate of drug-likeness (QED) is 0.568. The number of anilines is 1. The molecule has 7 heteroatoms. The van der Waals surface area contributed by atoms with Crippen molar-refractivity contribution in [1.29, 1.82) is 0 Å². The molecule has 3 fully saturated rings. The minimum Gasteiger partial charge on any atom is -0.324 e. The van der Waals surface area contributed by atoms with Gasteiger partial charge in [0.25, 0.3) is 0 Å². The molecule has 1 heterocycles. The third-order valence-corrected chi connectivity index (χ3v) is 7.79. The van der Waals surface area contributed by atoms with Crippen molar-refractivity contribution in [2.24, 2.45) is 35.5 Å². The van der Waals surface area contributed by atoms with Crippen molar-refractivity contribution in [3.63, 3.8) is 0 Å². The summed E-state index contributed by atoms with van der Waals surface area (Å²) >= 11 is 9.45. The van der Waals surface area contributed by atoms with Crippen molar-refractivity contribution in [1.82, 2.24) is 4.90 Å². The molecule has 1 aromatic carbocycles. The molecule has 1 saturated heterocycles. The van der Waals surface area contributed by atoms with Crippen LogP contribution in [0.15, 0.2) is 28.8 Å². The van der Waals surface area contributed by atoms with Crippen LogP contribution >= 0.6 is 27.5 Å². The van der Waals surface area contributed by atoms with Crippen molar-refractivity contribution in [3.05, 3.63) is 39.3 Å². The summed E-state index contributed by atoms with van der Waals surface area (Å²) < 4.78 is 0.746. The Hall–Kier alpha value is -1.66. The van der Waals surface area contributed by atoms with Gasteiger partial charge in [-0.3, -0.25) is 19.3 Å². The number of amides is 3. The van der Waals surface area contributed by atoms with Gasteiger partial charge in [-0.15, -0.1) is 0 Å². The molecule has 4 aliphatic carbocycles. The third-order valence-electron chi connectivity index (χ3n) is 6.60. The molecule has 140 valence electrons. The Morgan fingerprint density at radius 2 is 1.78 bits per heavy atom. The number of rotatable bonds is 3. The summed E-state index contributed by atoms with van der Waals surface area (Å²) in [5.74, 6) is 0.150. The number of imide groups is 1. The first-order valence-corrected chi connectivity index (χ1v) is 10.3. The summed E-state index contributed by atoms with van der Waals surface area (Å²) in [6.07, 6.45) is 5.38. The Labute approximate surface area is 170 Å². The Bertz CT molecular complexity index is 894. The van der Waals surface area contributed by atoms with E-state index in [4.69, 9.17) is 11.6 Å². The van der Waals surface area contributed by atoms with Gasteiger partial charge in [0, 0.05) is 10.2 Å². The Balaban J connectivity index is 1.33. The highest BCUT2D eigenvalue weighted by atomic mass is 79.9. The van der Waals surface area contributed by atoms with E-state index < -0.39 is 0 Å². The van der Waals surface area contributed by atoms with E-state index in [1.165, 1.54) is 0 Å². The number of carbonyl (C=O) groups is 3. The second-order valence-electron chi connectivity index (χ2n) is 8.05. The average Bonchev–Trinajstić information content (AvgIpc) is 3.41. The molecule has 6 atom stereocenters. The zero-order chi connectivity index (χ0) is 19.0. The van der Waals surface area contributed by atoms with Crippen LogP contribution in [0.1, 0.15) is 12.0 Å². The van der Waals surface area contributed by atoms with E-state index in [9.17, 15) is 14.4 Å². The second kappa shape index (κ2) is 5.92. The molecular formula is C20H18BrClN2O3. The highest BCUT2D eigenvalue weighted by molar-refractivity contribution is 9.10. The zero-order valence-electron chi connectivity index (χ0n) is 14.6. The van der Waals surface area contributed by atoms with E-state index in [1.54, 1.807) is 6.07 Å². The van der Waals surface area contributed by atoms with Gasteiger partial charge in [-0.1, -0.05) is 23.8 Å². The molecule has 1 aliphatic heterocycles. The summed E-state index contributed by atoms with van der Waals surface area (Å²) in [5.41, 5.74) is 1.42. The molecule has 5 aliphatic rings. The van der Waals surface area contributed by atoms with E-state index in [0.29, 0.717) is 22.5 Å². The fourth-order valence-electron chi connectivity index (χ4n) is 5.29. The fourth-order valence-corrected chi connectivity index (χ4v) is 5.91. The van der Waals surface area contributed by atoms with Gasteiger partial charge in [-0.2, -0.15) is 0 Å². The monoisotopic (exact) mass is 448 g/mol. The van der Waals surface area contributed by atoms with E-state index >= 15 is 0 Å². The van der Waals surface area contributed by atoms with Crippen molar-refractivity contribution in [3.8, 4) is 0 Å². The molecule has 1 aromatic rings. The van der Waals surface area contributed by atoms with Gasteiger partial charge in [0.1, 0.15) is 6.54 Å². The van der Waals surface area contributed by atoms with Crippen molar-refractivity contribution >= 4 is 50.9 Å². The number of hydrogen-bond donors (Lipinski definition) is 1. The van der Waals surface area contributed by atoms with Gasteiger partial charge < -0.3 is 5.32 Å². The van der Waals surface area contributed by atoms with Crippen molar-refractivity contribution in [2.45, 2.75) is 13.3 Å². The third kappa shape index (κ3) is 2.53. The minimum absolute atomic E-state index is 0.169. The molecule has 0 unspecified atom stereocenters. The Morgan fingerprint density at radius 3 is 2.37 bits per heavy atom. The van der Waals surface area contributed by atoms with Crippen LogP contribution in [-0.2, 0) is 14.4 Å². The van der Waals surface area contributed by atoms with Gasteiger partial charge >= 0.3 is 0 Å². The predicted molar refractivity (Wildman–Crippen MR) is 104 cm³/mol. The number of likely N-dealkylation sites (tertiary alicyclic amines) is 1. The summed E-state index contributed by atoms with van der Waals surface area (Å²) in [6.45, 7) is 1.61. The maximum absolute atomic E-state index is 12.9. The molecule has 2 bridgehead atoms. The van der Waals surface area contributed by atoms with Crippen LogP contribution in [0.4, 0.5) is 5.69 Å². The maximum Gasteiger partial charge on any atom is 0.244 e. The number of aryl methyl sites for hydroxylation is 1. The topological polar surface area (TPSA) is 66.5 Å². The van der Waals surface area contributed by atoms with E-state index in [-0.39, 0.29) is 47.9 Å². The molecule has 3 amide bonds. The lowest BCUT2D eigenvalue weighted by molar-refractivity contribution is -0.142. The zero-order valence-corrected chi connectivity index (χ0v) is 17.0. The van der Waals surface area contributed by atoms with Crippen LogP contribution in [0.5, 0.6) is 0 Å². The molecular weight excluding hydrogens is 432 g/mol. The first-order valence-electron chi connectivity index (χ1n) is 9.16. The van der Waals surface area contributed by atoms with Gasteiger partial charge in [0.05, 0.1) is 16.9 Å². The van der Waals surface area contributed by atoms with Crippen LogP contribution in [0, 0.1) is 42.4 Å². The SMILES string of the molecule is Cc1cc(Br)c(Cl)cc1NC(=O)CN1C(=O)[C@@H]2[C@H]3C=C[C@@H]([C@@H]4C[C@@H]34)[C@H]2C1=O. The van der Waals surface area contributed by atoms with E-state index in [1.807, 2.05) is 13.0 Å². The average molecular weight is 450 g/mol. The molecule has 6 rings (SSSR count). The van der Waals surface area contributed by atoms with Crippen LogP contribution < -0.4 is 5.32 Å². The standard InChI is InChI=1S/C20H18BrClN2O3/c1-8-4-13(21)14(22)6-15(8)23-16(25)7-24-19(26)17-9-2-3-10(12-5-11(9)12)18(17)20(24)27/h2-4,6,9-12,17-18H,5,7H2,1H3,(H,23,25)/t9-,10-,11-,12-,17+,18+/m0/s1. The minimum atomic E-state index is -0.387. The normalized spacial score (nSPS) is 35.3. The van der Waals surface area contributed by atoms with Gasteiger partial charge in [-0.25, -0.2) is 0 Å². The van der Waals surface area contributed by atoms with E-state index in [0.717, 1.165) is 21.4 Å².